The van der Waals surface area contributed by atoms with Crippen LogP contribution in [0.1, 0.15) is 19.8 Å². The molecule has 0 bridgehead atoms. The lowest BCUT2D eigenvalue weighted by Crippen LogP contribution is -2.42. The summed E-state index contributed by atoms with van der Waals surface area (Å²) in [7, 11) is -3.53. The van der Waals surface area contributed by atoms with E-state index in [4.69, 9.17) is 0 Å². The molecule has 0 aliphatic rings. The Bertz CT molecular complexity index is 395. The Kier molecular flexibility index (Phi) is 5.84. The predicted molar refractivity (Wildman–Crippen MR) is 54.2 cm³/mol. The fourth-order valence-corrected chi connectivity index (χ4v) is 2.18. The number of halogens is 6. The molecular formula is C9H12F6O3S. The van der Waals surface area contributed by atoms with Crippen molar-refractivity contribution < 1.29 is 39.6 Å². The lowest BCUT2D eigenvalue weighted by atomic mass is 9.99. The second kappa shape index (κ2) is 6.10. The van der Waals surface area contributed by atoms with Crippen molar-refractivity contribution in [3.8, 4) is 0 Å². The van der Waals surface area contributed by atoms with Gasteiger partial charge in [-0.15, -0.1) is 0 Å². The lowest BCUT2D eigenvalue weighted by Gasteiger charge is -2.21. The van der Waals surface area contributed by atoms with Crippen molar-refractivity contribution in [2.75, 3.05) is 11.5 Å². The zero-order valence-corrected chi connectivity index (χ0v) is 10.6. The van der Waals surface area contributed by atoms with E-state index < -0.39 is 52.5 Å². The molecule has 0 heterocycles. The fraction of sp³-hybridized carbons (Fsp3) is 0.889. The van der Waals surface area contributed by atoms with Crippen molar-refractivity contribution in [3.63, 3.8) is 0 Å². The highest BCUT2D eigenvalue weighted by molar-refractivity contribution is 7.91. The normalized spacial score (nSPS) is 13.9. The summed E-state index contributed by atoms with van der Waals surface area (Å²) in [6.07, 6.45) is -13.1. The molecule has 10 heteroatoms. The molecule has 0 aromatic heterocycles. The van der Waals surface area contributed by atoms with Crippen LogP contribution in [-0.4, -0.2) is 38.1 Å². The van der Waals surface area contributed by atoms with Crippen molar-refractivity contribution in [1.29, 1.82) is 0 Å². The van der Waals surface area contributed by atoms with E-state index in [1.807, 2.05) is 0 Å². The van der Waals surface area contributed by atoms with Gasteiger partial charge in [0.2, 0.25) is 5.92 Å². The molecule has 19 heavy (non-hydrogen) atoms. The average Bonchev–Trinajstić information content (AvgIpc) is 2.12. The number of carbonyl (C=O) groups is 1. The van der Waals surface area contributed by atoms with Crippen LogP contribution < -0.4 is 0 Å². The van der Waals surface area contributed by atoms with E-state index in [0.717, 1.165) is 0 Å². The van der Waals surface area contributed by atoms with Crippen molar-refractivity contribution in [3.05, 3.63) is 0 Å². The number of rotatable bonds is 6. The van der Waals surface area contributed by atoms with E-state index in [9.17, 15) is 39.6 Å². The Morgan fingerprint density at radius 3 is 1.79 bits per heavy atom. The van der Waals surface area contributed by atoms with Crippen molar-refractivity contribution in [2.24, 2.45) is 5.92 Å². The van der Waals surface area contributed by atoms with Crippen LogP contribution >= 0.6 is 0 Å². The van der Waals surface area contributed by atoms with E-state index in [-0.39, 0.29) is 5.75 Å². The maximum atomic E-state index is 12.1. The van der Waals surface area contributed by atoms with Crippen LogP contribution in [-0.2, 0) is 14.6 Å². The van der Waals surface area contributed by atoms with Crippen LogP contribution in [0.2, 0.25) is 0 Å². The minimum Gasteiger partial charge on any atom is -0.299 e. The summed E-state index contributed by atoms with van der Waals surface area (Å²) in [6.45, 7) is 1.28. The maximum Gasteiger partial charge on any atom is 0.407 e. The molecule has 0 aromatic rings. The zero-order valence-electron chi connectivity index (χ0n) is 9.81. The van der Waals surface area contributed by atoms with Gasteiger partial charge in [-0.25, -0.2) is 8.42 Å². The molecule has 0 unspecified atom stereocenters. The van der Waals surface area contributed by atoms with E-state index in [1.54, 1.807) is 0 Å². The maximum absolute atomic E-state index is 12.1. The van der Waals surface area contributed by atoms with Crippen LogP contribution in [0.4, 0.5) is 26.3 Å². The summed E-state index contributed by atoms with van der Waals surface area (Å²) in [4.78, 5) is 11.0. The van der Waals surface area contributed by atoms with Crippen LogP contribution in [0.5, 0.6) is 0 Å². The van der Waals surface area contributed by atoms with Gasteiger partial charge in [0.05, 0.1) is 5.75 Å². The SMILES string of the molecule is CCS(=O)(=O)CCCC(=O)C(C(F)(F)F)C(F)(F)F. The summed E-state index contributed by atoms with van der Waals surface area (Å²) in [5.41, 5.74) is 0. The van der Waals surface area contributed by atoms with Crippen molar-refractivity contribution in [2.45, 2.75) is 32.1 Å². The number of ketones is 1. The third kappa shape index (κ3) is 6.26. The Morgan fingerprint density at radius 1 is 1.05 bits per heavy atom. The van der Waals surface area contributed by atoms with Gasteiger partial charge in [0.1, 0.15) is 9.84 Å². The first-order valence-electron chi connectivity index (χ1n) is 5.18. The smallest absolute Gasteiger partial charge is 0.299 e. The first-order chi connectivity index (χ1) is 8.31. The third-order valence-electron chi connectivity index (χ3n) is 2.29. The molecule has 0 spiro atoms. The van der Waals surface area contributed by atoms with Crippen molar-refractivity contribution >= 4 is 15.6 Å². The van der Waals surface area contributed by atoms with Crippen LogP contribution in [0.25, 0.3) is 0 Å². The highest BCUT2D eigenvalue weighted by Gasteiger charge is 2.60. The molecule has 0 aliphatic carbocycles. The Labute approximate surface area is 105 Å². The molecule has 0 atom stereocenters. The molecule has 0 aliphatic heterocycles. The quantitative estimate of drug-likeness (QED) is 0.708. The number of carbonyl (C=O) groups excluding carboxylic acids is 1. The molecule has 0 rings (SSSR count). The summed E-state index contributed by atoms with van der Waals surface area (Å²) in [5, 5.41) is 0. The predicted octanol–water partition coefficient (Wildman–Crippen LogP) is 2.51. The topological polar surface area (TPSA) is 51.2 Å². The lowest BCUT2D eigenvalue weighted by molar-refractivity contribution is -0.273. The van der Waals surface area contributed by atoms with Gasteiger partial charge in [-0.2, -0.15) is 26.3 Å². The Balaban J connectivity index is 4.71. The first kappa shape index (κ1) is 18.2. The number of sulfone groups is 1. The number of alkyl halides is 6. The van der Waals surface area contributed by atoms with E-state index in [2.05, 4.69) is 0 Å². The largest absolute Gasteiger partial charge is 0.407 e. The monoisotopic (exact) mass is 314 g/mol. The van der Waals surface area contributed by atoms with Gasteiger partial charge in [0.25, 0.3) is 0 Å². The second-order valence-corrected chi connectivity index (χ2v) is 6.30. The standard InChI is InChI=1S/C9H12F6O3S/c1-2-19(17,18)5-3-4-6(16)7(8(10,11)12)9(13,14)15/h7H,2-5H2,1H3. The molecule has 0 saturated heterocycles. The molecule has 0 fully saturated rings. The van der Waals surface area contributed by atoms with E-state index in [0.29, 0.717) is 0 Å². The van der Waals surface area contributed by atoms with Gasteiger partial charge in [0.15, 0.2) is 5.78 Å². The summed E-state index contributed by atoms with van der Waals surface area (Å²) in [6, 6.07) is 0. The highest BCUT2D eigenvalue weighted by Crippen LogP contribution is 2.40. The van der Waals surface area contributed by atoms with Crippen LogP contribution in [0.3, 0.4) is 0 Å². The Hall–Kier alpha value is -0.800. The number of hydrogen-bond acceptors (Lipinski definition) is 3. The number of Topliss-reactive ketones (excluding diaryl/α,β-unsaturated/α-hetero) is 1. The Morgan fingerprint density at radius 2 is 1.47 bits per heavy atom. The molecule has 0 N–H and O–H groups in total. The van der Waals surface area contributed by atoms with Gasteiger partial charge in [-0.3, -0.25) is 4.79 Å². The second-order valence-electron chi connectivity index (χ2n) is 3.82. The first-order valence-corrected chi connectivity index (χ1v) is 7.00. The molecule has 0 radical (unpaired) electrons. The van der Waals surface area contributed by atoms with E-state index >= 15 is 0 Å². The highest BCUT2D eigenvalue weighted by atomic mass is 32.2. The minimum atomic E-state index is -5.72. The molecule has 0 saturated carbocycles. The summed E-state index contributed by atoms with van der Waals surface area (Å²) >= 11 is 0. The van der Waals surface area contributed by atoms with Crippen molar-refractivity contribution in [1.82, 2.24) is 0 Å². The minimum absolute atomic E-state index is 0.289. The fourth-order valence-electron chi connectivity index (χ4n) is 1.31. The molecule has 3 nitrogen and oxygen atoms in total. The molecule has 0 aromatic carbocycles. The third-order valence-corrected chi connectivity index (χ3v) is 4.09. The van der Waals surface area contributed by atoms with Gasteiger partial charge in [0, 0.05) is 12.2 Å². The molecule has 114 valence electrons. The average molecular weight is 314 g/mol. The molecular weight excluding hydrogens is 302 g/mol. The summed E-state index contributed by atoms with van der Waals surface area (Å²) < 4.78 is 94.8. The molecule has 0 amide bonds. The van der Waals surface area contributed by atoms with Gasteiger partial charge in [-0.1, -0.05) is 6.92 Å². The van der Waals surface area contributed by atoms with Crippen LogP contribution in [0, 0.1) is 5.92 Å². The number of hydrogen-bond donors (Lipinski definition) is 0. The zero-order chi connectivity index (χ0) is 15.5. The van der Waals surface area contributed by atoms with Gasteiger partial charge < -0.3 is 0 Å². The van der Waals surface area contributed by atoms with E-state index in [1.165, 1.54) is 6.92 Å². The van der Waals surface area contributed by atoms with Gasteiger partial charge in [-0.05, 0) is 6.42 Å². The van der Waals surface area contributed by atoms with Gasteiger partial charge >= 0.3 is 12.4 Å². The van der Waals surface area contributed by atoms with Crippen LogP contribution in [0.15, 0.2) is 0 Å². The summed E-state index contributed by atoms with van der Waals surface area (Å²) in [5.74, 6) is -7.02.